The topological polar surface area (TPSA) is 75.3 Å². The highest BCUT2D eigenvalue weighted by atomic mass is 35.5. The van der Waals surface area contributed by atoms with Crippen LogP contribution in [0.15, 0.2) is 18.2 Å². The maximum atomic E-state index is 12.1. The highest BCUT2D eigenvalue weighted by Gasteiger charge is 2.26. The smallest absolute Gasteiger partial charge is 0.250 e. The summed E-state index contributed by atoms with van der Waals surface area (Å²) >= 11 is 11.9. The molecule has 7 heteroatoms. The second kappa shape index (κ2) is 10.5. The van der Waals surface area contributed by atoms with Gasteiger partial charge in [-0.1, -0.05) is 61.4 Å². The van der Waals surface area contributed by atoms with Crippen LogP contribution in [0.4, 0.5) is 0 Å². The van der Waals surface area contributed by atoms with Crippen molar-refractivity contribution in [3.8, 4) is 0 Å². The molecule has 1 amide bonds. The van der Waals surface area contributed by atoms with E-state index in [-0.39, 0.29) is 19.0 Å². The summed E-state index contributed by atoms with van der Waals surface area (Å²) in [4.78, 5) is 12.1. The first kappa shape index (κ1) is 21.5. The summed E-state index contributed by atoms with van der Waals surface area (Å²) in [5, 5.41) is 13.8. The van der Waals surface area contributed by atoms with Crippen LogP contribution < -0.4 is 11.1 Å². The van der Waals surface area contributed by atoms with Gasteiger partial charge in [-0.05, 0) is 30.0 Å². The van der Waals surface area contributed by atoms with Gasteiger partial charge in [0.15, 0.2) is 0 Å². The van der Waals surface area contributed by atoms with Gasteiger partial charge in [0, 0.05) is 22.6 Å². The van der Waals surface area contributed by atoms with Crippen LogP contribution in [0.3, 0.4) is 0 Å². The van der Waals surface area contributed by atoms with Crippen LogP contribution in [-0.2, 0) is 11.3 Å². The zero-order valence-corrected chi connectivity index (χ0v) is 15.8. The Hall–Kier alpha value is -0.520. The molecule has 0 saturated heterocycles. The van der Waals surface area contributed by atoms with E-state index in [1.165, 1.54) is 19.3 Å². The van der Waals surface area contributed by atoms with Crippen molar-refractivity contribution in [2.75, 3.05) is 0 Å². The SMILES string of the molecule is Cl.NC(CC1CCCCC1)C(O)C(=O)NCc1ccc(Cl)cc1Cl. The molecule has 1 aliphatic carbocycles. The minimum Gasteiger partial charge on any atom is -0.382 e. The number of hydrogen-bond donors (Lipinski definition) is 3. The Morgan fingerprint density at radius 3 is 2.58 bits per heavy atom. The molecule has 4 nitrogen and oxygen atoms in total. The van der Waals surface area contributed by atoms with E-state index in [4.69, 9.17) is 28.9 Å². The first-order chi connectivity index (χ1) is 11.0. The number of benzene rings is 1. The first-order valence-corrected chi connectivity index (χ1v) is 8.88. The third-order valence-electron chi connectivity index (χ3n) is 4.47. The highest BCUT2D eigenvalue weighted by Crippen LogP contribution is 2.27. The Morgan fingerprint density at radius 2 is 1.96 bits per heavy atom. The summed E-state index contributed by atoms with van der Waals surface area (Å²) < 4.78 is 0. The number of carbonyl (C=O) groups is 1. The average Bonchev–Trinajstić information content (AvgIpc) is 2.54. The Kier molecular flexibility index (Phi) is 9.39. The van der Waals surface area contributed by atoms with E-state index in [1.807, 2.05) is 0 Å². The van der Waals surface area contributed by atoms with Gasteiger partial charge < -0.3 is 16.2 Å². The normalized spacial score (nSPS) is 17.7. The molecule has 2 atom stereocenters. The van der Waals surface area contributed by atoms with Crippen molar-refractivity contribution in [3.63, 3.8) is 0 Å². The average molecular weight is 396 g/mol. The largest absolute Gasteiger partial charge is 0.382 e. The molecule has 1 aliphatic rings. The first-order valence-electron chi connectivity index (χ1n) is 8.12. The molecular weight excluding hydrogens is 371 g/mol. The van der Waals surface area contributed by atoms with Gasteiger partial charge in [0.1, 0.15) is 6.10 Å². The summed E-state index contributed by atoms with van der Waals surface area (Å²) in [5.41, 5.74) is 6.76. The Bertz CT molecular complexity index is 537. The van der Waals surface area contributed by atoms with Crippen LogP contribution in [0.25, 0.3) is 0 Å². The quantitative estimate of drug-likeness (QED) is 0.687. The third-order valence-corrected chi connectivity index (χ3v) is 5.06. The lowest BCUT2D eigenvalue weighted by Gasteiger charge is -2.26. The van der Waals surface area contributed by atoms with Crippen molar-refractivity contribution in [2.24, 2.45) is 11.7 Å². The van der Waals surface area contributed by atoms with E-state index in [9.17, 15) is 9.90 Å². The van der Waals surface area contributed by atoms with Crippen LogP contribution >= 0.6 is 35.6 Å². The minimum absolute atomic E-state index is 0. The Morgan fingerprint density at radius 1 is 1.29 bits per heavy atom. The molecule has 0 heterocycles. The molecule has 0 radical (unpaired) electrons. The number of rotatable bonds is 6. The maximum absolute atomic E-state index is 12.1. The number of aliphatic hydroxyl groups excluding tert-OH is 1. The summed E-state index contributed by atoms with van der Waals surface area (Å²) in [6.07, 6.45) is 5.49. The number of carbonyl (C=O) groups excluding carboxylic acids is 1. The van der Waals surface area contributed by atoms with E-state index >= 15 is 0 Å². The summed E-state index contributed by atoms with van der Waals surface area (Å²) in [7, 11) is 0. The van der Waals surface area contributed by atoms with E-state index < -0.39 is 18.1 Å². The van der Waals surface area contributed by atoms with Gasteiger partial charge in [-0.15, -0.1) is 12.4 Å². The van der Waals surface area contributed by atoms with Gasteiger partial charge in [-0.2, -0.15) is 0 Å². The third kappa shape index (κ3) is 6.41. The lowest BCUT2D eigenvalue weighted by Crippen LogP contribution is -2.47. The molecule has 136 valence electrons. The van der Waals surface area contributed by atoms with E-state index in [0.29, 0.717) is 22.4 Å². The van der Waals surface area contributed by atoms with Crippen LogP contribution in [0.1, 0.15) is 44.1 Å². The molecule has 1 aromatic rings. The zero-order valence-electron chi connectivity index (χ0n) is 13.5. The molecule has 0 aliphatic heterocycles. The number of nitrogens with one attached hydrogen (secondary N) is 1. The second-order valence-electron chi connectivity index (χ2n) is 6.30. The van der Waals surface area contributed by atoms with Crippen LogP contribution in [0.5, 0.6) is 0 Å². The standard InChI is InChI=1S/C17H24Cl2N2O2.ClH/c18-13-7-6-12(14(19)9-13)10-21-17(23)16(22)15(20)8-11-4-2-1-3-5-11;/h6-7,9,11,15-16,22H,1-5,8,10,20H2,(H,21,23);1H. The van der Waals surface area contributed by atoms with Gasteiger partial charge in [0.25, 0.3) is 5.91 Å². The zero-order chi connectivity index (χ0) is 16.8. The Balaban J connectivity index is 0.00000288. The van der Waals surface area contributed by atoms with Crippen molar-refractivity contribution >= 4 is 41.5 Å². The van der Waals surface area contributed by atoms with Crippen molar-refractivity contribution in [1.29, 1.82) is 0 Å². The predicted octanol–water partition coefficient (Wildman–Crippen LogP) is 3.69. The molecule has 1 fully saturated rings. The van der Waals surface area contributed by atoms with Crippen LogP contribution in [0.2, 0.25) is 10.0 Å². The van der Waals surface area contributed by atoms with E-state index in [1.54, 1.807) is 18.2 Å². The van der Waals surface area contributed by atoms with Crippen molar-refractivity contribution < 1.29 is 9.90 Å². The minimum atomic E-state index is -1.19. The summed E-state index contributed by atoms with van der Waals surface area (Å²) in [6.45, 7) is 0.238. The molecule has 0 spiro atoms. The fraction of sp³-hybridized carbons (Fsp3) is 0.588. The van der Waals surface area contributed by atoms with Gasteiger partial charge in [-0.3, -0.25) is 4.79 Å². The van der Waals surface area contributed by atoms with Crippen LogP contribution in [-0.4, -0.2) is 23.2 Å². The van der Waals surface area contributed by atoms with E-state index in [0.717, 1.165) is 18.4 Å². The maximum Gasteiger partial charge on any atom is 0.250 e. The molecule has 0 aromatic heterocycles. The Labute approximate surface area is 159 Å². The van der Waals surface area contributed by atoms with Crippen molar-refractivity contribution in [3.05, 3.63) is 33.8 Å². The molecule has 24 heavy (non-hydrogen) atoms. The summed E-state index contributed by atoms with van der Waals surface area (Å²) in [5.74, 6) is 0.0613. The fourth-order valence-corrected chi connectivity index (χ4v) is 3.56. The van der Waals surface area contributed by atoms with Gasteiger partial charge >= 0.3 is 0 Å². The molecule has 1 saturated carbocycles. The predicted molar refractivity (Wildman–Crippen MR) is 101 cm³/mol. The van der Waals surface area contributed by atoms with E-state index in [2.05, 4.69) is 5.32 Å². The van der Waals surface area contributed by atoms with Crippen molar-refractivity contribution in [1.82, 2.24) is 5.32 Å². The monoisotopic (exact) mass is 394 g/mol. The molecule has 2 unspecified atom stereocenters. The highest BCUT2D eigenvalue weighted by molar-refractivity contribution is 6.35. The number of nitrogens with two attached hydrogens (primary N) is 1. The van der Waals surface area contributed by atoms with Gasteiger partial charge in [-0.25, -0.2) is 0 Å². The van der Waals surface area contributed by atoms with Gasteiger partial charge in [0.2, 0.25) is 0 Å². The van der Waals surface area contributed by atoms with Gasteiger partial charge in [0.05, 0.1) is 0 Å². The lowest BCUT2D eigenvalue weighted by molar-refractivity contribution is -0.130. The number of amides is 1. The van der Waals surface area contributed by atoms with Crippen molar-refractivity contribution in [2.45, 2.75) is 57.2 Å². The second-order valence-corrected chi connectivity index (χ2v) is 7.15. The molecule has 1 aromatic carbocycles. The number of hydrogen-bond acceptors (Lipinski definition) is 3. The number of aliphatic hydroxyl groups is 1. The molecule has 0 bridgehead atoms. The molecule has 2 rings (SSSR count). The fourth-order valence-electron chi connectivity index (χ4n) is 3.08. The molecule has 4 N–H and O–H groups in total. The summed E-state index contributed by atoms with van der Waals surface area (Å²) in [6, 6.07) is 4.55. The number of halogens is 3. The van der Waals surface area contributed by atoms with Crippen LogP contribution in [0, 0.1) is 5.92 Å². The lowest BCUT2D eigenvalue weighted by atomic mass is 9.84. The molecular formula is C17H25Cl3N2O2.